The van der Waals surface area contributed by atoms with Crippen LogP contribution in [0.1, 0.15) is 18.1 Å². The number of aryl methyl sites for hydroxylation is 2. The van der Waals surface area contributed by atoms with Crippen LogP contribution in [0.4, 0.5) is 17.1 Å². The van der Waals surface area contributed by atoms with Gasteiger partial charge in [0.2, 0.25) is 10.0 Å². The van der Waals surface area contributed by atoms with Crippen LogP contribution in [-0.4, -0.2) is 14.2 Å². The van der Waals surface area contributed by atoms with E-state index in [0.717, 1.165) is 11.4 Å². The average Bonchev–Trinajstić information content (AvgIpc) is 2.45. The summed E-state index contributed by atoms with van der Waals surface area (Å²) < 4.78 is 25.5. The Hall–Kier alpha value is -2.01. The molecule has 0 amide bonds. The Morgan fingerprint density at radius 3 is 2.00 bits per heavy atom. The third-order valence-corrected chi connectivity index (χ3v) is 4.64. The molecular formula is C16H20N2O2S. The Labute approximate surface area is 126 Å². The molecule has 0 aromatic heterocycles. The van der Waals surface area contributed by atoms with Crippen molar-refractivity contribution in [2.24, 2.45) is 0 Å². The van der Waals surface area contributed by atoms with Gasteiger partial charge >= 0.3 is 0 Å². The van der Waals surface area contributed by atoms with Crippen LogP contribution in [0.25, 0.3) is 0 Å². The van der Waals surface area contributed by atoms with E-state index in [1.54, 1.807) is 19.1 Å². The third-order valence-electron chi connectivity index (χ3n) is 3.33. The molecule has 2 aromatic rings. The summed E-state index contributed by atoms with van der Waals surface area (Å²) in [4.78, 5) is 0. The summed E-state index contributed by atoms with van der Waals surface area (Å²) in [6.45, 7) is 5.76. The van der Waals surface area contributed by atoms with E-state index < -0.39 is 10.0 Å². The van der Waals surface area contributed by atoms with Crippen molar-refractivity contribution < 1.29 is 8.42 Å². The van der Waals surface area contributed by atoms with Crippen LogP contribution >= 0.6 is 0 Å². The lowest BCUT2D eigenvalue weighted by Gasteiger charge is -2.10. The zero-order valence-corrected chi connectivity index (χ0v) is 13.3. The maximum atomic E-state index is 11.5. The number of anilines is 3. The highest BCUT2D eigenvalue weighted by Crippen LogP contribution is 2.21. The van der Waals surface area contributed by atoms with Gasteiger partial charge in [0.1, 0.15) is 0 Å². The number of hydrogen-bond acceptors (Lipinski definition) is 3. The molecule has 0 aliphatic heterocycles. The number of benzene rings is 2. The molecule has 112 valence electrons. The first-order valence-corrected chi connectivity index (χ1v) is 8.49. The predicted molar refractivity (Wildman–Crippen MR) is 88.7 cm³/mol. The van der Waals surface area contributed by atoms with Crippen molar-refractivity contribution in [1.82, 2.24) is 0 Å². The van der Waals surface area contributed by atoms with Crippen LogP contribution < -0.4 is 10.0 Å². The van der Waals surface area contributed by atoms with Crippen LogP contribution in [-0.2, 0) is 10.0 Å². The Morgan fingerprint density at radius 1 is 0.857 bits per heavy atom. The van der Waals surface area contributed by atoms with Gasteiger partial charge in [-0.05, 0) is 68.3 Å². The number of rotatable bonds is 5. The highest BCUT2D eigenvalue weighted by atomic mass is 32.2. The highest BCUT2D eigenvalue weighted by Gasteiger charge is 2.06. The second-order valence-electron chi connectivity index (χ2n) is 5.01. The van der Waals surface area contributed by atoms with E-state index in [1.165, 1.54) is 11.1 Å². The second kappa shape index (κ2) is 6.18. The molecule has 2 N–H and O–H groups in total. The SMILES string of the molecule is CCS(=O)(=O)Nc1ccc(Nc2ccc(C)c(C)c2)cc1. The standard InChI is InChI=1S/C16H20N2O2S/c1-4-21(19,20)18-15-9-7-14(8-10-15)17-16-6-5-12(2)13(3)11-16/h5-11,17-18H,4H2,1-3H3. The van der Waals surface area contributed by atoms with E-state index in [2.05, 4.69) is 36.0 Å². The Balaban J connectivity index is 2.10. The molecule has 0 fully saturated rings. The first-order valence-electron chi connectivity index (χ1n) is 6.84. The molecule has 0 aliphatic carbocycles. The van der Waals surface area contributed by atoms with Gasteiger partial charge in [-0.3, -0.25) is 4.72 Å². The van der Waals surface area contributed by atoms with Gasteiger partial charge in [0.05, 0.1) is 5.75 Å². The van der Waals surface area contributed by atoms with Gasteiger partial charge in [0.25, 0.3) is 0 Å². The minimum Gasteiger partial charge on any atom is -0.356 e. The maximum absolute atomic E-state index is 11.5. The number of nitrogens with one attached hydrogen (secondary N) is 2. The maximum Gasteiger partial charge on any atom is 0.232 e. The topological polar surface area (TPSA) is 58.2 Å². The zero-order chi connectivity index (χ0) is 15.5. The average molecular weight is 304 g/mol. The van der Waals surface area contributed by atoms with Crippen molar-refractivity contribution in [3.8, 4) is 0 Å². The van der Waals surface area contributed by atoms with Gasteiger partial charge in [0, 0.05) is 17.1 Å². The second-order valence-corrected chi connectivity index (χ2v) is 7.02. The number of sulfonamides is 1. The smallest absolute Gasteiger partial charge is 0.232 e. The van der Waals surface area contributed by atoms with Gasteiger partial charge in [-0.2, -0.15) is 0 Å². The largest absolute Gasteiger partial charge is 0.356 e. The summed E-state index contributed by atoms with van der Waals surface area (Å²) in [6, 6.07) is 13.4. The Morgan fingerprint density at radius 2 is 1.43 bits per heavy atom. The fraction of sp³-hybridized carbons (Fsp3) is 0.250. The van der Waals surface area contributed by atoms with Gasteiger partial charge in [-0.1, -0.05) is 6.07 Å². The van der Waals surface area contributed by atoms with E-state index in [0.29, 0.717) is 5.69 Å². The lowest BCUT2D eigenvalue weighted by molar-refractivity contribution is 0.602. The summed E-state index contributed by atoms with van der Waals surface area (Å²) in [6.07, 6.45) is 0. The molecule has 2 aromatic carbocycles. The quantitative estimate of drug-likeness (QED) is 0.883. The predicted octanol–water partition coefficient (Wildman–Crippen LogP) is 3.81. The van der Waals surface area contributed by atoms with Gasteiger partial charge in [-0.15, -0.1) is 0 Å². The fourth-order valence-electron chi connectivity index (χ4n) is 1.86. The minimum atomic E-state index is -3.23. The minimum absolute atomic E-state index is 0.0651. The molecule has 0 unspecified atom stereocenters. The molecule has 21 heavy (non-hydrogen) atoms. The van der Waals surface area contributed by atoms with Gasteiger partial charge in [0.15, 0.2) is 0 Å². The van der Waals surface area contributed by atoms with E-state index in [4.69, 9.17) is 0 Å². The molecule has 0 atom stereocenters. The van der Waals surface area contributed by atoms with Crippen LogP contribution in [0.15, 0.2) is 42.5 Å². The molecule has 0 spiro atoms. The Kier molecular flexibility index (Phi) is 4.53. The summed E-state index contributed by atoms with van der Waals surface area (Å²) in [5, 5.41) is 3.30. The molecular weight excluding hydrogens is 284 g/mol. The van der Waals surface area contributed by atoms with Crippen LogP contribution in [0, 0.1) is 13.8 Å². The molecule has 2 rings (SSSR count). The van der Waals surface area contributed by atoms with Crippen LogP contribution in [0.3, 0.4) is 0 Å². The molecule has 0 bridgehead atoms. The molecule has 0 radical (unpaired) electrons. The van der Waals surface area contributed by atoms with Crippen LogP contribution in [0.5, 0.6) is 0 Å². The molecule has 0 heterocycles. The first kappa shape index (κ1) is 15.4. The first-order chi connectivity index (χ1) is 9.89. The van der Waals surface area contributed by atoms with E-state index in [1.807, 2.05) is 18.2 Å². The molecule has 0 saturated heterocycles. The van der Waals surface area contributed by atoms with E-state index >= 15 is 0 Å². The third kappa shape index (κ3) is 4.23. The highest BCUT2D eigenvalue weighted by molar-refractivity contribution is 7.92. The lowest BCUT2D eigenvalue weighted by atomic mass is 10.1. The van der Waals surface area contributed by atoms with Gasteiger partial charge in [-0.25, -0.2) is 8.42 Å². The molecule has 5 heteroatoms. The fourth-order valence-corrected chi connectivity index (χ4v) is 2.50. The van der Waals surface area contributed by atoms with Crippen molar-refractivity contribution in [1.29, 1.82) is 0 Å². The van der Waals surface area contributed by atoms with Crippen LogP contribution in [0.2, 0.25) is 0 Å². The van der Waals surface area contributed by atoms with Crippen molar-refractivity contribution in [3.63, 3.8) is 0 Å². The monoisotopic (exact) mass is 304 g/mol. The van der Waals surface area contributed by atoms with Crippen molar-refractivity contribution in [3.05, 3.63) is 53.6 Å². The normalized spacial score (nSPS) is 11.2. The number of hydrogen-bond donors (Lipinski definition) is 2. The van der Waals surface area contributed by atoms with E-state index in [9.17, 15) is 8.42 Å². The van der Waals surface area contributed by atoms with Crippen molar-refractivity contribution in [2.45, 2.75) is 20.8 Å². The van der Waals surface area contributed by atoms with E-state index in [-0.39, 0.29) is 5.75 Å². The summed E-state index contributed by atoms with van der Waals surface area (Å²) in [5.41, 5.74) is 4.98. The summed E-state index contributed by atoms with van der Waals surface area (Å²) in [5.74, 6) is 0.0651. The summed E-state index contributed by atoms with van der Waals surface area (Å²) in [7, 11) is -3.23. The van der Waals surface area contributed by atoms with Gasteiger partial charge < -0.3 is 5.32 Å². The molecule has 4 nitrogen and oxygen atoms in total. The Bertz CT molecular complexity index is 722. The lowest BCUT2D eigenvalue weighted by Crippen LogP contribution is -2.14. The van der Waals surface area contributed by atoms with Crippen molar-refractivity contribution >= 4 is 27.1 Å². The molecule has 0 saturated carbocycles. The zero-order valence-electron chi connectivity index (χ0n) is 12.5. The molecule has 0 aliphatic rings. The van der Waals surface area contributed by atoms with Crippen molar-refractivity contribution in [2.75, 3.05) is 15.8 Å². The summed E-state index contributed by atoms with van der Waals surface area (Å²) >= 11 is 0.